The smallest absolute Gasteiger partial charge is 0.267 e. The minimum atomic E-state index is -0.107. The highest BCUT2D eigenvalue weighted by Crippen LogP contribution is 2.25. The van der Waals surface area contributed by atoms with Crippen molar-refractivity contribution in [2.45, 2.75) is 6.54 Å². The maximum atomic E-state index is 11.9. The lowest BCUT2D eigenvalue weighted by molar-refractivity contribution is 0.0946. The van der Waals surface area contributed by atoms with Crippen molar-refractivity contribution in [3.05, 3.63) is 65.4 Å². The summed E-state index contributed by atoms with van der Waals surface area (Å²) < 4.78 is 0. The Labute approximate surface area is 120 Å². The van der Waals surface area contributed by atoms with Crippen molar-refractivity contribution in [1.29, 1.82) is 0 Å². The summed E-state index contributed by atoms with van der Waals surface area (Å²) in [6.07, 6.45) is 3.52. The number of rotatable bonds is 4. The van der Waals surface area contributed by atoms with E-state index in [1.54, 1.807) is 35.9 Å². The zero-order chi connectivity index (χ0) is 13.8. The van der Waals surface area contributed by atoms with Gasteiger partial charge in [0.05, 0.1) is 0 Å². The normalized spacial score (nSPS) is 10.4. The van der Waals surface area contributed by atoms with Gasteiger partial charge in [0.15, 0.2) is 0 Å². The highest BCUT2D eigenvalue weighted by Gasteiger charge is 2.09. The third-order valence-electron chi connectivity index (χ3n) is 2.96. The maximum absolute atomic E-state index is 11.9. The second-order valence-corrected chi connectivity index (χ2v) is 5.16. The Bertz CT molecular complexity index is 690. The molecule has 0 aliphatic heterocycles. The SMILES string of the molecule is O=C(NCc1ccccc1-c1nccs1)c1ccc[nH]1. The second-order valence-electron chi connectivity index (χ2n) is 4.26. The fraction of sp³-hybridized carbons (Fsp3) is 0.0667. The van der Waals surface area contributed by atoms with Crippen molar-refractivity contribution in [3.8, 4) is 10.6 Å². The molecule has 0 bridgehead atoms. The first-order valence-electron chi connectivity index (χ1n) is 6.24. The van der Waals surface area contributed by atoms with E-state index in [0.717, 1.165) is 16.1 Å². The Kier molecular flexibility index (Phi) is 3.60. The number of hydrogen-bond donors (Lipinski definition) is 2. The second kappa shape index (κ2) is 5.71. The van der Waals surface area contributed by atoms with Gasteiger partial charge in [0.1, 0.15) is 10.7 Å². The number of nitrogens with zero attached hydrogens (tertiary/aromatic N) is 1. The topological polar surface area (TPSA) is 57.8 Å². The zero-order valence-electron chi connectivity index (χ0n) is 10.7. The summed E-state index contributed by atoms with van der Waals surface area (Å²) in [6.45, 7) is 0.480. The first-order valence-corrected chi connectivity index (χ1v) is 7.12. The Morgan fingerprint density at radius 3 is 2.90 bits per heavy atom. The zero-order valence-corrected chi connectivity index (χ0v) is 11.5. The standard InChI is InChI=1S/C15H13N3OS/c19-14(13-6-3-7-16-13)18-10-11-4-1-2-5-12(11)15-17-8-9-20-15/h1-9,16H,10H2,(H,18,19). The number of carbonyl (C=O) groups excluding carboxylic acids is 1. The largest absolute Gasteiger partial charge is 0.357 e. The van der Waals surface area contributed by atoms with Crippen LogP contribution in [-0.2, 0) is 6.54 Å². The van der Waals surface area contributed by atoms with Crippen molar-refractivity contribution < 1.29 is 4.79 Å². The number of carbonyl (C=O) groups is 1. The molecule has 1 amide bonds. The predicted octanol–water partition coefficient (Wildman–Crippen LogP) is 3.07. The number of benzene rings is 1. The number of aromatic amines is 1. The van der Waals surface area contributed by atoms with Crippen molar-refractivity contribution in [1.82, 2.24) is 15.3 Å². The maximum Gasteiger partial charge on any atom is 0.267 e. The van der Waals surface area contributed by atoms with E-state index in [-0.39, 0.29) is 5.91 Å². The lowest BCUT2D eigenvalue weighted by Gasteiger charge is -2.08. The molecule has 0 radical (unpaired) electrons. The Morgan fingerprint density at radius 2 is 2.15 bits per heavy atom. The quantitative estimate of drug-likeness (QED) is 0.773. The van der Waals surface area contributed by atoms with Crippen LogP contribution >= 0.6 is 11.3 Å². The molecule has 0 spiro atoms. The van der Waals surface area contributed by atoms with E-state index in [2.05, 4.69) is 15.3 Å². The first-order chi connectivity index (χ1) is 9.84. The van der Waals surface area contributed by atoms with E-state index >= 15 is 0 Å². The van der Waals surface area contributed by atoms with E-state index in [0.29, 0.717) is 12.2 Å². The molecular weight excluding hydrogens is 270 g/mol. The summed E-state index contributed by atoms with van der Waals surface area (Å²) in [5.41, 5.74) is 2.69. The number of hydrogen-bond acceptors (Lipinski definition) is 3. The monoisotopic (exact) mass is 283 g/mol. The molecule has 2 heterocycles. The van der Waals surface area contributed by atoms with Crippen molar-refractivity contribution in [3.63, 3.8) is 0 Å². The molecule has 4 nitrogen and oxygen atoms in total. The van der Waals surface area contributed by atoms with Gasteiger partial charge in [-0.1, -0.05) is 24.3 Å². The van der Waals surface area contributed by atoms with Gasteiger partial charge in [-0.25, -0.2) is 4.98 Å². The summed E-state index contributed by atoms with van der Waals surface area (Å²) in [5.74, 6) is -0.107. The molecule has 2 aromatic heterocycles. The molecule has 0 unspecified atom stereocenters. The third-order valence-corrected chi connectivity index (χ3v) is 3.77. The molecule has 3 aromatic rings. The van der Waals surface area contributed by atoms with Crippen LogP contribution in [0, 0.1) is 0 Å². The van der Waals surface area contributed by atoms with Gasteiger partial charge in [0, 0.05) is 29.9 Å². The lowest BCUT2D eigenvalue weighted by Crippen LogP contribution is -2.23. The number of aromatic nitrogens is 2. The molecule has 1 aromatic carbocycles. The van der Waals surface area contributed by atoms with Crippen LogP contribution in [0.25, 0.3) is 10.6 Å². The Balaban J connectivity index is 1.77. The van der Waals surface area contributed by atoms with Gasteiger partial charge in [0.2, 0.25) is 0 Å². The van der Waals surface area contributed by atoms with E-state index in [9.17, 15) is 4.79 Å². The van der Waals surface area contributed by atoms with Crippen LogP contribution in [0.1, 0.15) is 16.1 Å². The van der Waals surface area contributed by atoms with Crippen LogP contribution in [0.5, 0.6) is 0 Å². The van der Waals surface area contributed by atoms with E-state index in [4.69, 9.17) is 0 Å². The van der Waals surface area contributed by atoms with Crippen LogP contribution < -0.4 is 5.32 Å². The molecule has 0 atom stereocenters. The average molecular weight is 283 g/mol. The highest BCUT2D eigenvalue weighted by atomic mass is 32.1. The lowest BCUT2D eigenvalue weighted by atomic mass is 10.1. The molecule has 2 N–H and O–H groups in total. The van der Waals surface area contributed by atoms with Crippen LogP contribution in [-0.4, -0.2) is 15.9 Å². The van der Waals surface area contributed by atoms with E-state index in [1.165, 1.54) is 0 Å². The Hall–Kier alpha value is -2.40. The molecule has 0 aliphatic rings. The van der Waals surface area contributed by atoms with Gasteiger partial charge in [-0.05, 0) is 17.7 Å². The van der Waals surface area contributed by atoms with Crippen molar-refractivity contribution in [2.75, 3.05) is 0 Å². The van der Waals surface area contributed by atoms with E-state index < -0.39 is 0 Å². The summed E-state index contributed by atoms with van der Waals surface area (Å²) >= 11 is 1.59. The molecule has 20 heavy (non-hydrogen) atoms. The van der Waals surface area contributed by atoms with Gasteiger partial charge >= 0.3 is 0 Å². The molecule has 0 saturated carbocycles. The predicted molar refractivity (Wildman–Crippen MR) is 79.5 cm³/mol. The molecule has 100 valence electrons. The molecule has 3 rings (SSSR count). The van der Waals surface area contributed by atoms with Crippen LogP contribution in [0.3, 0.4) is 0 Å². The number of H-pyrrole nitrogens is 1. The number of thiazole rings is 1. The van der Waals surface area contributed by atoms with Crippen molar-refractivity contribution in [2.24, 2.45) is 0 Å². The highest BCUT2D eigenvalue weighted by molar-refractivity contribution is 7.13. The molecule has 5 heteroatoms. The minimum Gasteiger partial charge on any atom is -0.357 e. The third kappa shape index (κ3) is 2.62. The van der Waals surface area contributed by atoms with Gasteiger partial charge in [-0.3, -0.25) is 4.79 Å². The van der Waals surface area contributed by atoms with E-state index in [1.807, 2.05) is 29.6 Å². The van der Waals surface area contributed by atoms with Crippen LogP contribution in [0.2, 0.25) is 0 Å². The van der Waals surface area contributed by atoms with Gasteiger partial charge < -0.3 is 10.3 Å². The van der Waals surface area contributed by atoms with Crippen LogP contribution in [0.15, 0.2) is 54.2 Å². The Morgan fingerprint density at radius 1 is 1.25 bits per heavy atom. The fourth-order valence-corrected chi connectivity index (χ4v) is 2.68. The van der Waals surface area contributed by atoms with Gasteiger partial charge in [-0.15, -0.1) is 11.3 Å². The minimum absolute atomic E-state index is 0.107. The average Bonchev–Trinajstić information content (AvgIpc) is 3.17. The summed E-state index contributed by atoms with van der Waals surface area (Å²) in [7, 11) is 0. The molecule has 0 aliphatic carbocycles. The first kappa shape index (κ1) is 12.6. The number of amides is 1. The molecule has 0 fully saturated rings. The number of nitrogens with one attached hydrogen (secondary N) is 2. The van der Waals surface area contributed by atoms with Gasteiger partial charge in [0.25, 0.3) is 5.91 Å². The summed E-state index contributed by atoms with van der Waals surface area (Å²) in [4.78, 5) is 19.1. The fourth-order valence-electron chi connectivity index (χ4n) is 1.98. The molecule has 0 saturated heterocycles. The summed E-state index contributed by atoms with van der Waals surface area (Å²) in [6, 6.07) is 11.5. The van der Waals surface area contributed by atoms with Gasteiger partial charge in [-0.2, -0.15) is 0 Å². The van der Waals surface area contributed by atoms with Crippen molar-refractivity contribution >= 4 is 17.2 Å². The molecular formula is C15H13N3OS. The van der Waals surface area contributed by atoms with Crippen LogP contribution in [0.4, 0.5) is 0 Å². The summed E-state index contributed by atoms with van der Waals surface area (Å²) in [5, 5.41) is 5.83.